The highest BCUT2D eigenvalue weighted by Crippen LogP contribution is 2.29. The highest BCUT2D eigenvalue weighted by molar-refractivity contribution is 6.34. The van der Waals surface area contributed by atoms with Crippen LogP contribution in [-0.4, -0.2) is 77.8 Å². The molecule has 0 saturated carbocycles. The van der Waals surface area contributed by atoms with Gasteiger partial charge in [0.25, 0.3) is 5.91 Å². The summed E-state index contributed by atoms with van der Waals surface area (Å²) in [6.07, 6.45) is 1.41. The van der Waals surface area contributed by atoms with Gasteiger partial charge in [-0.15, -0.1) is 0 Å². The maximum atomic E-state index is 12.3. The largest absolute Gasteiger partial charge is 0.444 e. The molecule has 1 fully saturated rings. The van der Waals surface area contributed by atoms with Crippen molar-refractivity contribution in [3.8, 4) is 11.1 Å². The molecule has 0 unspecified atom stereocenters. The zero-order valence-electron chi connectivity index (χ0n) is 19.8. The molecule has 33 heavy (non-hydrogen) atoms. The molecule has 1 aromatic carbocycles. The van der Waals surface area contributed by atoms with Gasteiger partial charge in [0.05, 0.1) is 17.2 Å². The zero-order chi connectivity index (χ0) is 24.3. The van der Waals surface area contributed by atoms with Crippen molar-refractivity contribution < 1.29 is 19.4 Å². The lowest BCUT2D eigenvalue weighted by molar-refractivity contribution is 0.0240. The fourth-order valence-corrected chi connectivity index (χ4v) is 3.86. The third kappa shape index (κ3) is 5.94. The molecule has 1 aliphatic rings. The average molecular weight is 475 g/mol. The number of carbonyl (C=O) groups excluding carboxylic acids is 2. The Morgan fingerprint density at radius 1 is 1.12 bits per heavy atom. The maximum absolute atomic E-state index is 12.3. The van der Waals surface area contributed by atoms with Crippen LogP contribution in [0.5, 0.6) is 0 Å². The molecule has 1 saturated heterocycles. The minimum Gasteiger partial charge on any atom is -0.444 e. The van der Waals surface area contributed by atoms with E-state index in [0.717, 1.165) is 11.1 Å². The molecule has 178 valence electrons. The molecule has 1 N–H and O–H groups in total. The number of hydrogen-bond acceptors (Lipinski definition) is 6. The van der Waals surface area contributed by atoms with Crippen molar-refractivity contribution in [2.45, 2.75) is 33.0 Å². The number of pyridine rings is 1. The number of halogens is 1. The fourth-order valence-electron chi connectivity index (χ4n) is 3.60. The number of anilines is 1. The molecular weight excluding hydrogens is 444 g/mol. The van der Waals surface area contributed by atoms with Crippen LogP contribution in [0.4, 0.5) is 10.6 Å². The smallest absolute Gasteiger partial charge is 0.410 e. The molecule has 0 radical (unpaired) electrons. The first-order chi connectivity index (χ1) is 15.5. The summed E-state index contributed by atoms with van der Waals surface area (Å²) < 4.78 is 5.45. The second kappa shape index (κ2) is 9.97. The number of aromatic nitrogens is 1. The van der Waals surface area contributed by atoms with Crippen molar-refractivity contribution in [1.82, 2.24) is 14.8 Å². The van der Waals surface area contributed by atoms with Gasteiger partial charge >= 0.3 is 6.09 Å². The third-order valence-electron chi connectivity index (χ3n) is 5.28. The quantitative estimate of drug-likeness (QED) is 0.727. The molecule has 2 amide bonds. The van der Waals surface area contributed by atoms with Crippen molar-refractivity contribution >= 4 is 29.4 Å². The number of piperazine rings is 1. The molecular formula is C24H31ClN4O4. The van der Waals surface area contributed by atoms with Gasteiger partial charge in [0, 0.05) is 57.6 Å². The van der Waals surface area contributed by atoms with Crippen LogP contribution >= 0.6 is 11.6 Å². The van der Waals surface area contributed by atoms with E-state index in [2.05, 4.69) is 9.88 Å². The van der Waals surface area contributed by atoms with E-state index in [-0.39, 0.29) is 18.6 Å². The van der Waals surface area contributed by atoms with E-state index in [1.54, 1.807) is 37.3 Å². The lowest BCUT2D eigenvalue weighted by Gasteiger charge is -2.36. The Bertz CT molecular complexity index is 1030. The van der Waals surface area contributed by atoms with Crippen LogP contribution in [0.2, 0.25) is 5.02 Å². The predicted octanol–water partition coefficient (Wildman–Crippen LogP) is 3.65. The Hall–Kier alpha value is -2.84. The summed E-state index contributed by atoms with van der Waals surface area (Å²) in [7, 11) is 3.35. The molecule has 1 aromatic heterocycles. The van der Waals surface area contributed by atoms with Gasteiger partial charge in [-0.05, 0) is 44.5 Å². The number of aliphatic hydroxyl groups excluding tert-OH is 1. The summed E-state index contributed by atoms with van der Waals surface area (Å²) in [4.78, 5) is 34.4. The molecule has 0 spiro atoms. The summed E-state index contributed by atoms with van der Waals surface area (Å²) in [6.45, 7) is 7.58. The van der Waals surface area contributed by atoms with Gasteiger partial charge in [-0.1, -0.05) is 17.7 Å². The zero-order valence-corrected chi connectivity index (χ0v) is 20.5. The van der Waals surface area contributed by atoms with Gasteiger partial charge in [-0.2, -0.15) is 0 Å². The minimum atomic E-state index is -0.531. The first-order valence-electron chi connectivity index (χ1n) is 10.8. The highest BCUT2D eigenvalue weighted by atomic mass is 35.5. The lowest BCUT2D eigenvalue weighted by atomic mass is 10.0. The van der Waals surface area contributed by atoms with Gasteiger partial charge in [0.1, 0.15) is 11.4 Å². The summed E-state index contributed by atoms with van der Waals surface area (Å²) in [6, 6.07) is 7.12. The monoisotopic (exact) mass is 474 g/mol. The number of benzene rings is 1. The van der Waals surface area contributed by atoms with E-state index < -0.39 is 5.60 Å². The molecule has 0 aliphatic carbocycles. The van der Waals surface area contributed by atoms with E-state index in [0.29, 0.717) is 48.1 Å². The topological polar surface area (TPSA) is 86.2 Å². The SMILES string of the molecule is CN(C)C(=O)c1ccc(-c2cnc(N3CCN(C(=O)OC(C)(C)C)CC3)c(CO)c2)cc1Cl. The van der Waals surface area contributed by atoms with Gasteiger partial charge in [0.15, 0.2) is 0 Å². The Morgan fingerprint density at radius 3 is 2.33 bits per heavy atom. The highest BCUT2D eigenvalue weighted by Gasteiger charge is 2.27. The summed E-state index contributed by atoms with van der Waals surface area (Å²) in [5.41, 5.74) is 2.18. The van der Waals surface area contributed by atoms with Crippen molar-refractivity contribution in [1.29, 1.82) is 0 Å². The second-order valence-corrected chi connectivity index (χ2v) is 9.62. The molecule has 2 aromatic rings. The van der Waals surface area contributed by atoms with E-state index >= 15 is 0 Å². The maximum Gasteiger partial charge on any atom is 0.410 e. The summed E-state index contributed by atoms with van der Waals surface area (Å²) in [5.74, 6) is 0.525. The van der Waals surface area contributed by atoms with Crippen LogP contribution in [0.3, 0.4) is 0 Å². The molecule has 9 heteroatoms. The van der Waals surface area contributed by atoms with Gasteiger partial charge in [-0.3, -0.25) is 4.79 Å². The Morgan fingerprint density at radius 2 is 1.79 bits per heavy atom. The van der Waals surface area contributed by atoms with Crippen molar-refractivity contribution in [2.24, 2.45) is 0 Å². The van der Waals surface area contributed by atoms with E-state index in [1.165, 1.54) is 4.90 Å². The average Bonchev–Trinajstić information content (AvgIpc) is 2.77. The number of nitrogens with zero attached hydrogens (tertiary/aromatic N) is 4. The van der Waals surface area contributed by atoms with Crippen molar-refractivity contribution in [3.63, 3.8) is 0 Å². The number of ether oxygens (including phenoxy) is 1. The summed E-state index contributed by atoms with van der Waals surface area (Å²) in [5, 5.41) is 10.4. The number of carbonyl (C=O) groups is 2. The van der Waals surface area contributed by atoms with E-state index in [1.807, 2.05) is 32.9 Å². The molecule has 3 rings (SSSR count). The molecule has 2 heterocycles. The van der Waals surface area contributed by atoms with Gasteiger partial charge < -0.3 is 24.5 Å². The predicted molar refractivity (Wildman–Crippen MR) is 129 cm³/mol. The van der Waals surface area contributed by atoms with Crippen LogP contribution < -0.4 is 4.90 Å². The van der Waals surface area contributed by atoms with Crippen LogP contribution in [0.25, 0.3) is 11.1 Å². The third-order valence-corrected chi connectivity index (χ3v) is 5.60. The number of rotatable bonds is 4. The normalized spacial score (nSPS) is 14.3. The standard InChI is InChI=1S/C24H31ClN4O4/c1-24(2,3)33-23(32)29-10-8-28(9-11-29)21-18(15-30)12-17(14-26-21)16-6-7-19(20(25)13-16)22(31)27(4)5/h6-7,12-14,30H,8-11,15H2,1-5H3. The molecule has 1 aliphatic heterocycles. The molecule has 8 nitrogen and oxygen atoms in total. The van der Waals surface area contributed by atoms with E-state index in [4.69, 9.17) is 16.3 Å². The Balaban J connectivity index is 1.75. The van der Waals surface area contributed by atoms with Crippen LogP contribution in [0.1, 0.15) is 36.7 Å². The number of amides is 2. The van der Waals surface area contributed by atoms with Gasteiger partial charge in [0.2, 0.25) is 0 Å². The number of aliphatic hydroxyl groups is 1. The van der Waals surface area contributed by atoms with Crippen LogP contribution in [0, 0.1) is 0 Å². The van der Waals surface area contributed by atoms with E-state index in [9.17, 15) is 14.7 Å². The Kier molecular flexibility index (Phi) is 7.49. The Labute approximate surface area is 199 Å². The first-order valence-corrected chi connectivity index (χ1v) is 11.2. The fraction of sp³-hybridized carbons (Fsp3) is 0.458. The van der Waals surface area contributed by atoms with Crippen LogP contribution in [-0.2, 0) is 11.3 Å². The van der Waals surface area contributed by atoms with Crippen molar-refractivity contribution in [2.75, 3.05) is 45.2 Å². The molecule has 0 atom stereocenters. The molecule has 0 bridgehead atoms. The lowest BCUT2D eigenvalue weighted by Crippen LogP contribution is -2.50. The summed E-state index contributed by atoms with van der Waals surface area (Å²) >= 11 is 6.36. The first kappa shape index (κ1) is 24.8. The van der Waals surface area contributed by atoms with Gasteiger partial charge in [-0.25, -0.2) is 9.78 Å². The van der Waals surface area contributed by atoms with Crippen molar-refractivity contribution in [3.05, 3.63) is 46.6 Å². The second-order valence-electron chi connectivity index (χ2n) is 9.21. The minimum absolute atomic E-state index is 0.165. The van der Waals surface area contributed by atoms with Crippen LogP contribution in [0.15, 0.2) is 30.5 Å². The number of hydrogen-bond donors (Lipinski definition) is 1.